The number of amides is 1. The predicted molar refractivity (Wildman–Crippen MR) is 66.7 cm³/mol. The molecular weight excluding hydrogens is 254 g/mol. The van der Waals surface area contributed by atoms with Crippen molar-refractivity contribution >= 4 is 11.6 Å². The lowest BCUT2D eigenvalue weighted by atomic mass is 9.92. The number of anilines is 1. The molecule has 1 amide bonds. The lowest BCUT2D eigenvalue weighted by molar-refractivity contribution is 0.0421. The summed E-state index contributed by atoms with van der Waals surface area (Å²) in [5.41, 5.74) is 4.10. The number of ether oxygens (including phenoxy) is 1. The van der Waals surface area contributed by atoms with Crippen molar-refractivity contribution in [3.8, 4) is 0 Å². The Hall–Kier alpha value is -1.69. The third-order valence-corrected chi connectivity index (χ3v) is 3.32. The average Bonchev–Trinajstić information content (AvgIpc) is 2.34. The van der Waals surface area contributed by atoms with Gasteiger partial charge in [0.1, 0.15) is 5.82 Å². The normalized spacial score (nSPS) is 18.1. The van der Waals surface area contributed by atoms with Crippen LogP contribution in [0.2, 0.25) is 0 Å². The fraction of sp³-hybridized carbons (Fsp3) is 0.462. The zero-order valence-electron chi connectivity index (χ0n) is 10.6. The Morgan fingerprint density at radius 3 is 2.63 bits per heavy atom. The first-order valence-corrected chi connectivity index (χ1v) is 6.06. The van der Waals surface area contributed by atoms with Gasteiger partial charge < -0.3 is 15.8 Å². The van der Waals surface area contributed by atoms with Crippen LogP contribution in [0.1, 0.15) is 30.1 Å². The second kappa shape index (κ2) is 5.13. The molecule has 1 aliphatic rings. The number of halogens is 2. The molecule has 0 aliphatic carbocycles. The molecule has 4 nitrogen and oxygen atoms in total. The summed E-state index contributed by atoms with van der Waals surface area (Å²) in [5, 5.41) is 2.73. The van der Waals surface area contributed by atoms with Crippen LogP contribution in [0.5, 0.6) is 0 Å². The summed E-state index contributed by atoms with van der Waals surface area (Å²) in [5.74, 6) is -2.29. The van der Waals surface area contributed by atoms with E-state index in [9.17, 15) is 13.6 Å². The molecule has 0 saturated carbocycles. The van der Waals surface area contributed by atoms with Crippen molar-refractivity contribution < 1.29 is 18.3 Å². The molecule has 0 spiro atoms. The van der Waals surface area contributed by atoms with E-state index >= 15 is 0 Å². The van der Waals surface area contributed by atoms with Crippen molar-refractivity contribution in [1.29, 1.82) is 0 Å². The Labute approximate surface area is 109 Å². The number of hydrogen-bond donors (Lipinski definition) is 2. The minimum Gasteiger partial charge on any atom is -0.396 e. The molecule has 19 heavy (non-hydrogen) atoms. The number of carbonyl (C=O) groups excluding carboxylic acids is 1. The van der Waals surface area contributed by atoms with Crippen molar-refractivity contribution in [3.63, 3.8) is 0 Å². The van der Waals surface area contributed by atoms with E-state index in [1.165, 1.54) is 0 Å². The molecule has 0 radical (unpaired) electrons. The van der Waals surface area contributed by atoms with Crippen LogP contribution in [0, 0.1) is 11.6 Å². The fourth-order valence-electron chi connectivity index (χ4n) is 2.06. The summed E-state index contributed by atoms with van der Waals surface area (Å²) >= 11 is 0. The van der Waals surface area contributed by atoms with Gasteiger partial charge in [-0.1, -0.05) is 0 Å². The molecule has 0 atom stereocenters. The van der Waals surface area contributed by atoms with Gasteiger partial charge in [0.05, 0.1) is 11.3 Å². The second-order valence-corrected chi connectivity index (χ2v) is 4.98. The van der Waals surface area contributed by atoms with Gasteiger partial charge in [-0.3, -0.25) is 4.79 Å². The number of benzene rings is 1. The lowest BCUT2D eigenvalue weighted by Gasteiger charge is -2.34. The van der Waals surface area contributed by atoms with Gasteiger partial charge in [0.25, 0.3) is 5.91 Å². The summed E-state index contributed by atoms with van der Waals surface area (Å²) in [6.07, 6.45) is 1.26. The molecule has 0 aromatic heterocycles. The maximum Gasteiger partial charge on any atom is 0.254 e. The number of nitrogen functional groups attached to an aromatic ring is 1. The van der Waals surface area contributed by atoms with E-state index in [1.807, 2.05) is 6.92 Å². The van der Waals surface area contributed by atoms with E-state index in [0.29, 0.717) is 26.1 Å². The Morgan fingerprint density at radius 2 is 2.00 bits per heavy atom. The predicted octanol–water partition coefficient (Wildman–Crippen LogP) is 1.85. The first kappa shape index (κ1) is 13.7. The topological polar surface area (TPSA) is 64.4 Å². The monoisotopic (exact) mass is 270 g/mol. The SMILES string of the molecule is CC1(NC(=O)c2cc(F)cc(N)c2F)CCOCC1. The Balaban J connectivity index is 2.20. The van der Waals surface area contributed by atoms with Gasteiger partial charge in [0.15, 0.2) is 5.82 Å². The molecule has 6 heteroatoms. The van der Waals surface area contributed by atoms with Crippen molar-refractivity contribution in [2.45, 2.75) is 25.3 Å². The first-order chi connectivity index (χ1) is 8.91. The smallest absolute Gasteiger partial charge is 0.254 e. The van der Waals surface area contributed by atoms with Crippen molar-refractivity contribution in [2.75, 3.05) is 18.9 Å². The largest absolute Gasteiger partial charge is 0.396 e. The van der Waals surface area contributed by atoms with Crippen molar-refractivity contribution in [2.24, 2.45) is 0 Å². The van der Waals surface area contributed by atoms with Crippen LogP contribution in [0.15, 0.2) is 12.1 Å². The maximum absolute atomic E-state index is 13.7. The van der Waals surface area contributed by atoms with Gasteiger partial charge >= 0.3 is 0 Å². The number of hydrogen-bond acceptors (Lipinski definition) is 3. The first-order valence-electron chi connectivity index (χ1n) is 6.06. The van der Waals surface area contributed by atoms with Crippen LogP contribution in [0.4, 0.5) is 14.5 Å². The summed E-state index contributed by atoms with van der Waals surface area (Å²) < 4.78 is 32.1. The highest BCUT2D eigenvalue weighted by molar-refractivity contribution is 5.95. The molecule has 1 aromatic carbocycles. The van der Waals surface area contributed by atoms with Crippen LogP contribution < -0.4 is 11.1 Å². The van der Waals surface area contributed by atoms with Gasteiger partial charge in [-0.2, -0.15) is 0 Å². The highest BCUT2D eigenvalue weighted by atomic mass is 19.1. The summed E-state index contributed by atoms with van der Waals surface area (Å²) in [4.78, 5) is 12.0. The van der Waals surface area contributed by atoms with E-state index in [0.717, 1.165) is 12.1 Å². The Kier molecular flexibility index (Phi) is 3.71. The van der Waals surface area contributed by atoms with Crippen molar-refractivity contribution in [3.05, 3.63) is 29.3 Å². The summed E-state index contributed by atoms with van der Waals surface area (Å²) in [6.45, 7) is 2.92. The van der Waals surface area contributed by atoms with E-state index < -0.39 is 23.1 Å². The molecular formula is C13H16F2N2O2. The second-order valence-electron chi connectivity index (χ2n) is 4.98. The molecule has 1 aliphatic heterocycles. The van der Waals surface area contributed by atoms with Gasteiger partial charge in [-0.25, -0.2) is 8.78 Å². The van der Waals surface area contributed by atoms with Gasteiger partial charge in [-0.15, -0.1) is 0 Å². The quantitative estimate of drug-likeness (QED) is 0.806. The number of rotatable bonds is 2. The van der Waals surface area contributed by atoms with Crippen LogP contribution in [0.3, 0.4) is 0 Å². The third-order valence-electron chi connectivity index (χ3n) is 3.32. The van der Waals surface area contributed by atoms with Crippen LogP contribution in [-0.4, -0.2) is 24.7 Å². The third kappa shape index (κ3) is 3.01. The van der Waals surface area contributed by atoms with E-state index in [1.54, 1.807) is 0 Å². The van der Waals surface area contributed by atoms with Crippen molar-refractivity contribution in [1.82, 2.24) is 5.32 Å². The fourth-order valence-corrected chi connectivity index (χ4v) is 2.06. The Morgan fingerprint density at radius 1 is 1.37 bits per heavy atom. The summed E-state index contributed by atoms with van der Waals surface area (Å²) in [6, 6.07) is 1.70. The minimum absolute atomic E-state index is 0.370. The van der Waals surface area contributed by atoms with Crippen LogP contribution in [0.25, 0.3) is 0 Å². The molecule has 3 N–H and O–H groups in total. The molecule has 104 valence electrons. The highest BCUT2D eigenvalue weighted by Gasteiger charge is 2.30. The van der Waals surface area contributed by atoms with Crippen LogP contribution >= 0.6 is 0 Å². The molecule has 2 rings (SSSR count). The minimum atomic E-state index is -0.894. The highest BCUT2D eigenvalue weighted by Crippen LogP contribution is 2.22. The number of nitrogens with one attached hydrogen (secondary N) is 1. The van der Waals surface area contributed by atoms with Crippen LogP contribution in [-0.2, 0) is 4.74 Å². The van der Waals surface area contributed by atoms with E-state index in [2.05, 4.69) is 5.32 Å². The van der Waals surface area contributed by atoms with E-state index in [4.69, 9.17) is 10.5 Å². The van der Waals surface area contributed by atoms with Gasteiger partial charge in [0.2, 0.25) is 0 Å². The summed E-state index contributed by atoms with van der Waals surface area (Å²) in [7, 11) is 0. The molecule has 1 aromatic rings. The van der Waals surface area contributed by atoms with E-state index in [-0.39, 0.29) is 11.3 Å². The molecule has 0 unspecified atom stereocenters. The standard InChI is InChI=1S/C13H16F2N2O2/c1-13(2-4-19-5-3-13)17-12(18)9-6-8(14)7-10(16)11(9)15/h6-7H,2-5,16H2,1H3,(H,17,18). The van der Waals surface area contributed by atoms with Gasteiger partial charge in [-0.05, 0) is 31.9 Å². The molecule has 1 heterocycles. The zero-order chi connectivity index (χ0) is 14.0. The molecule has 1 fully saturated rings. The molecule has 0 bridgehead atoms. The number of carbonyl (C=O) groups is 1. The maximum atomic E-state index is 13.7. The van der Waals surface area contributed by atoms with Gasteiger partial charge in [0, 0.05) is 18.8 Å². The zero-order valence-corrected chi connectivity index (χ0v) is 10.6. The number of nitrogens with two attached hydrogens (primary N) is 1. The lowest BCUT2D eigenvalue weighted by Crippen LogP contribution is -2.49. The average molecular weight is 270 g/mol. The Bertz CT molecular complexity index is 500. The molecule has 1 saturated heterocycles.